The van der Waals surface area contributed by atoms with Crippen molar-refractivity contribution < 1.29 is 32.3 Å². The molecular weight excluding hydrogens is 415 g/mol. The molecule has 1 atom stereocenters. The van der Waals surface area contributed by atoms with Gasteiger partial charge in [-0.05, 0) is 49.2 Å². The molecule has 2 aromatic carbocycles. The molecule has 1 N–H and O–H groups in total. The maximum Gasteiger partial charge on any atom is 0.573 e. The number of alkyl halides is 3. The molecule has 4 rings (SSSR count). The Morgan fingerprint density at radius 2 is 1.81 bits per heavy atom. The van der Waals surface area contributed by atoms with Gasteiger partial charge < -0.3 is 19.9 Å². The number of rotatable bonds is 4. The number of halogens is 3. The van der Waals surface area contributed by atoms with Gasteiger partial charge in [0.1, 0.15) is 18.3 Å². The van der Waals surface area contributed by atoms with Crippen molar-refractivity contribution in [1.82, 2.24) is 4.90 Å². The third-order valence-electron chi connectivity index (χ3n) is 5.16. The quantitative estimate of drug-likeness (QED) is 0.804. The van der Waals surface area contributed by atoms with Gasteiger partial charge in [0.25, 0.3) is 5.91 Å². The maximum absolute atomic E-state index is 13.1. The van der Waals surface area contributed by atoms with Gasteiger partial charge >= 0.3 is 6.36 Å². The Hall–Kier alpha value is -3.56. The van der Waals surface area contributed by atoms with Crippen molar-refractivity contribution in [2.24, 2.45) is 0 Å². The van der Waals surface area contributed by atoms with Gasteiger partial charge in [-0.25, -0.2) is 0 Å². The van der Waals surface area contributed by atoms with Crippen LogP contribution in [0.2, 0.25) is 0 Å². The normalized spacial score (nSPS) is 18.4. The van der Waals surface area contributed by atoms with Crippen LogP contribution < -0.4 is 15.0 Å². The van der Waals surface area contributed by atoms with Crippen LogP contribution in [0.5, 0.6) is 5.75 Å². The SMILES string of the molecule is O=C(CN1C(=O)[C@@H]2CCCN2C(=O)c2ccccc21)Nc1ccc(OC(F)(F)F)cc1. The van der Waals surface area contributed by atoms with Crippen LogP contribution in [0, 0.1) is 0 Å². The summed E-state index contributed by atoms with van der Waals surface area (Å²) >= 11 is 0. The summed E-state index contributed by atoms with van der Waals surface area (Å²) in [7, 11) is 0. The van der Waals surface area contributed by atoms with E-state index >= 15 is 0 Å². The van der Waals surface area contributed by atoms with E-state index in [1.54, 1.807) is 29.2 Å². The van der Waals surface area contributed by atoms with Crippen molar-refractivity contribution in [1.29, 1.82) is 0 Å². The molecule has 0 aromatic heterocycles. The third kappa shape index (κ3) is 4.32. The topological polar surface area (TPSA) is 79.0 Å². The first-order chi connectivity index (χ1) is 14.7. The van der Waals surface area contributed by atoms with Gasteiger partial charge in [0.2, 0.25) is 11.8 Å². The molecule has 10 heteroatoms. The predicted molar refractivity (Wildman–Crippen MR) is 105 cm³/mol. The van der Waals surface area contributed by atoms with E-state index in [2.05, 4.69) is 10.1 Å². The zero-order valence-corrected chi connectivity index (χ0v) is 16.2. The highest BCUT2D eigenvalue weighted by Crippen LogP contribution is 2.32. The second-order valence-corrected chi connectivity index (χ2v) is 7.22. The number of carbonyl (C=O) groups excluding carboxylic acids is 3. The second-order valence-electron chi connectivity index (χ2n) is 7.22. The largest absolute Gasteiger partial charge is 0.573 e. The highest BCUT2D eigenvalue weighted by molar-refractivity contribution is 6.13. The fourth-order valence-electron chi connectivity index (χ4n) is 3.86. The van der Waals surface area contributed by atoms with Gasteiger partial charge in [-0.15, -0.1) is 13.2 Å². The van der Waals surface area contributed by atoms with Crippen LogP contribution >= 0.6 is 0 Å². The summed E-state index contributed by atoms with van der Waals surface area (Å²) < 4.78 is 40.6. The number of ether oxygens (including phenoxy) is 1. The first kappa shape index (κ1) is 20.7. The van der Waals surface area contributed by atoms with E-state index < -0.39 is 24.1 Å². The lowest BCUT2D eigenvalue weighted by molar-refractivity contribution is -0.274. The molecule has 162 valence electrons. The van der Waals surface area contributed by atoms with Crippen molar-refractivity contribution in [2.75, 3.05) is 23.3 Å². The summed E-state index contributed by atoms with van der Waals surface area (Å²) in [6.45, 7) is 0.143. The molecule has 0 saturated carbocycles. The monoisotopic (exact) mass is 433 g/mol. The molecule has 0 aliphatic carbocycles. The molecule has 0 spiro atoms. The van der Waals surface area contributed by atoms with Crippen molar-refractivity contribution in [3.63, 3.8) is 0 Å². The fourth-order valence-corrected chi connectivity index (χ4v) is 3.86. The van der Waals surface area contributed by atoms with Crippen LogP contribution in [0.25, 0.3) is 0 Å². The number of benzene rings is 2. The van der Waals surface area contributed by atoms with E-state index in [0.29, 0.717) is 30.6 Å². The lowest BCUT2D eigenvalue weighted by Crippen LogP contribution is -2.47. The van der Waals surface area contributed by atoms with E-state index in [9.17, 15) is 27.6 Å². The van der Waals surface area contributed by atoms with Crippen LogP contribution in [-0.2, 0) is 9.59 Å². The van der Waals surface area contributed by atoms with Gasteiger partial charge in [-0.1, -0.05) is 12.1 Å². The van der Waals surface area contributed by atoms with E-state index in [-0.39, 0.29) is 24.0 Å². The number of hydrogen-bond donors (Lipinski definition) is 1. The zero-order valence-electron chi connectivity index (χ0n) is 16.2. The molecule has 2 aromatic rings. The minimum atomic E-state index is -4.81. The first-order valence-corrected chi connectivity index (χ1v) is 9.60. The predicted octanol–water partition coefficient (Wildman–Crippen LogP) is 3.18. The Morgan fingerprint density at radius 1 is 1.10 bits per heavy atom. The lowest BCUT2D eigenvalue weighted by Gasteiger charge is -2.25. The van der Waals surface area contributed by atoms with Crippen LogP contribution in [-0.4, -0.2) is 48.1 Å². The summed E-state index contributed by atoms with van der Waals surface area (Å²) in [6, 6.07) is 10.7. The number of carbonyl (C=O) groups is 3. The average Bonchev–Trinajstić information content (AvgIpc) is 3.19. The smallest absolute Gasteiger partial charge is 0.406 e. The van der Waals surface area contributed by atoms with E-state index in [1.165, 1.54) is 17.0 Å². The number of fused-ring (bicyclic) bond motifs is 2. The number of hydrogen-bond acceptors (Lipinski definition) is 4. The Balaban J connectivity index is 1.52. The zero-order chi connectivity index (χ0) is 22.2. The highest BCUT2D eigenvalue weighted by atomic mass is 19.4. The molecule has 0 unspecified atom stereocenters. The van der Waals surface area contributed by atoms with Gasteiger partial charge in [0, 0.05) is 12.2 Å². The van der Waals surface area contributed by atoms with E-state index in [0.717, 1.165) is 12.1 Å². The molecule has 2 heterocycles. The van der Waals surface area contributed by atoms with Gasteiger partial charge in [0.05, 0.1) is 11.3 Å². The van der Waals surface area contributed by atoms with Crippen molar-refractivity contribution in [3.05, 3.63) is 54.1 Å². The highest BCUT2D eigenvalue weighted by Gasteiger charge is 2.42. The number of anilines is 2. The molecular formula is C21H18F3N3O4. The van der Waals surface area contributed by atoms with Crippen LogP contribution in [0.1, 0.15) is 23.2 Å². The summed E-state index contributed by atoms with van der Waals surface area (Å²) in [6.07, 6.45) is -3.58. The fraction of sp³-hybridized carbons (Fsp3) is 0.286. The second kappa shape index (κ2) is 7.93. The molecule has 0 radical (unpaired) electrons. The Bertz CT molecular complexity index is 1020. The molecule has 0 bridgehead atoms. The molecule has 3 amide bonds. The molecule has 31 heavy (non-hydrogen) atoms. The Kier molecular flexibility index (Phi) is 5.30. The molecule has 1 fully saturated rings. The van der Waals surface area contributed by atoms with Gasteiger partial charge in [0.15, 0.2) is 0 Å². The van der Waals surface area contributed by atoms with E-state index in [1.807, 2.05) is 0 Å². The summed E-state index contributed by atoms with van der Waals surface area (Å²) in [5, 5.41) is 2.55. The standard InChI is InChI=1S/C21H18F3N3O4/c22-21(23,24)31-14-9-7-13(8-10-14)25-18(28)12-27-16-5-2-1-4-15(16)19(29)26-11-3-6-17(26)20(27)30/h1-2,4-5,7-10,17H,3,6,11-12H2,(H,25,28)/t17-/m0/s1. The van der Waals surface area contributed by atoms with Crippen molar-refractivity contribution >= 4 is 29.1 Å². The van der Waals surface area contributed by atoms with Gasteiger partial charge in [-0.2, -0.15) is 0 Å². The number of para-hydroxylation sites is 1. The van der Waals surface area contributed by atoms with E-state index in [4.69, 9.17) is 0 Å². The Morgan fingerprint density at radius 3 is 2.52 bits per heavy atom. The number of amides is 3. The molecule has 2 aliphatic rings. The molecule has 1 saturated heterocycles. The minimum absolute atomic E-state index is 0.241. The average molecular weight is 433 g/mol. The number of nitrogens with zero attached hydrogens (tertiary/aromatic N) is 2. The lowest BCUT2D eigenvalue weighted by atomic mass is 10.1. The van der Waals surface area contributed by atoms with Gasteiger partial charge in [-0.3, -0.25) is 14.4 Å². The molecule has 2 aliphatic heterocycles. The van der Waals surface area contributed by atoms with Crippen LogP contribution in [0.4, 0.5) is 24.5 Å². The Labute approximate surface area is 175 Å². The van der Waals surface area contributed by atoms with Crippen LogP contribution in [0.3, 0.4) is 0 Å². The van der Waals surface area contributed by atoms with Crippen molar-refractivity contribution in [2.45, 2.75) is 25.2 Å². The molecule has 7 nitrogen and oxygen atoms in total. The summed E-state index contributed by atoms with van der Waals surface area (Å²) in [4.78, 5) is 41.5. The first-order valence-electron chi connectivity index (χ1n) is 9.60. The third-order valence-corrected chi connectivity index (χ3v) is 5.16. The number of nitrogens with one attached hydrogen (secondary N) is 1. The maximum atomic E-state index is 13.1. The minimum Gasteiger partial charge on any atom is -0.406 e. The van der Waals surface area contributed by atoms with Crippen molar-refractivity contribution in [3.8, 4) is 5.75 Å². The van der Waals surface area contributed by atoms with Crippen LogP contribution in [0.15, 0.2) is 48.5 Å². The summed E-state index contributed by atoms with van der Waals surface area (Å²) in [5.74, 6) is -1.54. The summed E-state index contributed by atoms with van der Waals surface area (Å²) in [5.41, 5.74) is 0.950.